The van der Waals surface area contributed by atoms with Gasteiger partial charge >= 0.3 is 0 Å². The smallest absolute Gasteiger partial charge is 0.179 e. The number of aromatic nitrogens is 1. The first kappa shape index (κ1) is 20.2. The monoisotopic (exact) mass is 427 g/mol. The molecule has 0 aliphatic heterocycles. The van der Waals surface area contributed by atoms with Crippen LogP contribution in [0.25, 0.3) is 11.3 Å². The standard InChI is InChI=1S/C30H25NSi/c1-24-21-22-31-30(23-24)25-17-19-29(20-18-25)32(26-11-5-2-6-12-26,27-13-7-3-8-14-27)28-15-9-4-10-16-28/h2-23H,1H3. The lowest BCUT2D eigenvalue weighted by molar-refractivity contribution is 1.29. The van der Waals surface area contributed by atoms with Crippen LogP contribution in [-0.4, -0.2) is 13.1 Å². The van der Waals surface area contributed by atoms with Crippen LogP contribution < -0.4 is 20.7 Å². The summed E-state index contributed by atoms with van der Waals surface area (Å²) in [6.45, 7) is 2.11. The first-order valence-corrected chi connectivity index (χ1v) is 13.0. The van der Waals surface area contributed by atoms with Gasteiger partial charge in [-0.05, 0) is 45.4 Å². The zero-order chi connectivity index (χ0) is 21.8. The molecule has 5 rings (SSSR count). The highest BCUT2D eigenvalue weighted by Gasteiger charge is 2.41. The van der Waals surface area contributed by atoms with Gasteiger partial charge in [-0.15, -0.1) is 0 Å². The van der Waals surface area contributed by atoms with Crippen LogP contribution in [0.3, 0.4) is 0 Å². The van der Waals surface area contributed by atoms with Crippen LogP contribution in [0, 0.1) is 6.92 Å². The van der Waals surface area contributed by atoms with Gasteiger partial charge in [0.2, 0.25) is 0 Å². The van der Waals surface area contributed by atoms with Crippen molar-refractivity contribution in [1.82, 2.24) is 4.98 Å². The van der Waals surface area contributed by atoms with E-state index in [9.17, 15) is 0 Å². The molecule has 0 unspecified atom stereocenters. The number of hydrogen-bond acceptors (Lipinski definition) is 1. The maximum atomic E-state index is 4.59. The molecule has 154 valence electrons. The van der Waals surface area contributed by atoms with Crippen LogP contribution in [0.4, 0.5) is 0 Å². The van der Waals surface area contributed by atoms with Crippen LogP contribution in [-0.2, 0) is 0 Å². The molecular weight excluding hydrogens is 402 g/mol. The molecule has 5 aromatic rings. The van der Waals surface area contributed by atoms with Gasteiger partial charge in [0.05, 0.1) is 5.69 Å². The van der Waals surface area contributed by atoms with Crippen molar-refractivity contribution in [2.45, 2.75) is 6.92 Å². The zero-order valence-electron chi connectivity index (χ0n) is 18.1. The SMILES string of the molecule is Cc1ccnc(-c2ccc([Si](c3ccccc3)(c3ccccc3)c3ccccc3)cc2)c1. The predicted octanol–water partition coefficient (Wildman–Crippen LogP) is 4.43. The highest BCUT2D eigenvalue weighted by molar-refractivity contribution is 7.19. The summed E-state index contributed by atoms with van der Waals surface area (Å²) >= 11 is 0. The Morgan fingerprint density at radius 3 is 1.38 bits per heavy atom. The van der Waals surface area contributed by atoms with Gasteiger partial charge in [-0.25, -0.2) is 0 Å². The third-order valence-corrected chi connectivity index (χ3v) is 10.9. The highest BCUT2D eigenvalue weighted by atomic mass is 28.3. The molecule has 32 heavy (non-hydrogen) atoms. The fourth-order valence-electron chi connectivity index (χ4n) is 4.65. The quantitative estimate of drug-likeness (QED) is 0.299. The molecule has 0 aliphatic rings. The van der Waals surface area contributed by atoms with Gasteiger partial charge in [0.25, 0.3) is 0 Å². The van der Waals surface area contributed by atoms with Gasteiger partial charge in [-0.1, -0.05) is 115 Å². The molecule has 0 bridgehead atoms. The third-order valence-electron chi connectivity index (χ3n) is 6.15. The Bertz CT molecular complexity index is 1200. The molecule has 1 heterocycles. The Morgan fingerprint density at radius 1 is 0.500 bits per heavy atom. The maximum Gasteiger partial charge on any atom is 0.179 e. The number of rotatable bonds is 5. The van der Waals surface area contributed by atoms with E-state index in [1.165, 1.54) is 26.3 Å². The van der Waals surface area contributed by atoms with E-state index in [0.717, 1.165) is 11.3 Å². The molecule has 0 fully saturated rings. The van der Waals surface area contributed by atoms with Gasteiger partial charge in [0.1, 0.15) is 0 Å². The second kappa shape index (κ2) is 8.78. The molecule has 1 aromatic heterocycles. The molecule has 0 amide bonds. The highest BCUT2D eigenvalue weighted by Crippen LogP contribution is 2.18. The molecule has 0 N–H and O–H groups in total. The zero-order valence-corrected chi connectivity index (χ0v) is 19.1. The van der Waals surface area contributed by atoms with E-state index in [-0.39, 0.29) is 0 Å². The molecule has 0 aliphatic carbocycles. The summed E-state index contributed by atoms with van der Waals surface area (Å²) in [4.78, 5) is 4.59. The largest absolute Gasteiger partial charge is 0.256 e. The first-order valence-electron chi connectivity index (χ1n) is 11.0. The summed E-state index contributed by atoms with van der Waals surface area (Å²) in [5, 5.41) is 5.54. The summed E-state index contributed by atoms with van der Waals surface area (Å²) in [5.41, 5.74) is 3.39. The predicted molar refractivity (Wildman–Crippen MR) is 138 cm³/mol. The van der Waals surface area contributed by atoms with Crippen LogP contribution in [0.5, 0.6) is 0 Å². The van der Waals surface area contributed by atoms with Crippen molar-refractivity contribution in [3.63, 3.8) is 0 Å². The van der Waals surface area contributed by atoms with Gasteiger partial charge in [-0.3, -0.25) is 4.98 Å². The van der Waals surface area contributed by atoms with Crippen molar-refractivity contribution in [2.24, 2.45) is 0 Å². The van der Waals surface area contributed by atoms with Crippen molar-refractivity contribution in [3.05, 3.63) is 139 Å². The molecular formula is C30H25NSi. The molecule has 4 aromatic carbocycles. The first-order chi connectivity index (χ1) is 15.8. The van der Waals surface area contributed by atoms with Crippen molar-refractivity contribution >= 4 is 28.8 Å². The van der Waals surface area contributed by atoms with E-state index in [1.807, 2.05) is 12.3 Å². The summed E-state index contributed by atoms with van der Waals surface area (Å²) in [6, 6.07) is 46.3. The van der Waals surface area contributed by atoms with Crippen molar-refractivity contribution in [1.29, 1.82) is 0 Å². The Balaban J connectivity index is 1.77. The molecule has 0 saturated carbocycles. The second-order valence-corrected chi connectivity index (χ2v) is 12.0. The molecule has 0 atom stereocenters. The van der Waals surface area contributed by atoms with Gasteiger partial charge in [0, 0.05) is 11.8 Å². The minimum Gasteiger partial charge on any atom is -0.256 e. The number of nitrogens with zero attached hydrogens (tertiary/aromatic N) is 1. The maximum absolute atomic E-state index is 4.59. The van der Waals surface area contributed by atoms with E-state index >= 15 is 0 Å². The number of aryl methyl sites for hydroxylation is 1. The average Bonchev–Trinajstić information content (AvgIpc) is 2.87. The van der Waals surface area contributed by atoms with Crippen LogP contribution in [0.15, 0.2) is 134 Å². The van der Waals surface area contributed by atoms with Crippen LogP contribution >= 0.6 is 0 Å². The Kier molecular flexibility index (Phi) is 5.53. The lowest BCUT2D eigenvalue weighted by Crippen LogP contribution is -2.74. The van der Waals surface area contributed by atoms with Crippen molar-refractivity contribution < 1.29 is 0 Å². The van der Waals surface area contributed by atoms with Crippen LogP contribution in [0.2, 0.25) is 0 Å². The van der Waals surface area contributed by atoms with Gasteiger partial charge in [0.15, 0.2) is 8.07 Å². The van der Waals surface area contributed by atoms with Gasteiger partial charge < -0.3 is 0 Å². The molecule has 0 spiro atoms. The fraction of sp³-hybridized carbons (Fsp3) is 0.0333. The Morgan fingerprint density at radius 2 is 0.938 bits per heavy atom. The Labute approximate surface area is 191 Å². The number of pyridine rings is 1. The molecule has 0 saturated heterocycles. The Hall–Kier alpha value is -3.75. The summed E-state index contributed by atoms with van der Waals surface area (Å²) in [5.74, 6) is 0. The molecule has 1 nitrogen and oxygen atoms in total. The van der Waals surface area contributed by atoms with E-state index in [2.05, 4.69) is 133 Å². The third kappa shape index (κ3) is 3.59. The minimum atomic E-state index is -2.46. The van der Waals surface area contributed by atoms with E-state index < -0.39 is 8.07 Å². The van der Waals surface area contributed by atoms with E-state index in [1.54, 1.807) is 0 Å². The topological polar surface area (TPSA) is 12.9 Å². The van der Waals surface area contributed by atoms with Gasteiger partial charge in [-0.2, -0.15) is 0 Å². The van der Waals surface area contributed by atoms with E-state index in [4.69, 9.17) is 0 Å². The van der Waals surface area contributed by atoms with Crippen molar-refractivity contribution in [2.75, 3.05) is 0 Å². The molecule has 0 radical (unpaired) electrons. The number of benzene rings is 4. The minimum absolute atomic E-state index is 1.02. The van der Waals surface area contributed by atoms with E-state index in [0.29, 0.717) is 0 Å². The normalized spacial score (nSPS) is 11.3. The van der Waals surface area contributed by atoms with Crippen LogP contribution in [0.1, 0.15) is 5.56 Å². The fourth-order valence-corrected chi connectivity index (χ4v) is 9.39. The summed E-state index contributed by atoms with van der Waals surface area (Å²) in [6.07, 6.45) is 1.88. The number of hydrogen-bond donors (Lipinski definition) is 0. The molecule has 2 heteroatoms. The second-order valence-electron chi connectivity index (χ2n) is 8.14. The lowest BCUT2D eigenvalue weighted by atomic mass is 10.1. The lowest BCUT2D eigenvalue weighted by Gasteiger charge is -2.34. The van der Waals surface area contributed by atoms with Crippen molar-refractivity contribution in [3.8, 4) is 11.3 Å². The summed E-state index contributed by atoms with van der Waals surface area (Å²) < 4.78 is 0. The average molecular weight is 428 g/mol. The summed E-state index contributed by atoms with van der Waals surface area (Å²) in [7, 11) is -2.46.